The second kappa shape index (κ2) is 12.2. The zero-order valence-electron chi connectivity index (χ0n) is 24.5. The van der Waals surface area contributed by atoms with Gasteiger partial charge in [-0.2, -0.15) is 4.98 Å². The predicted octanol–water partition coefficient (Wildman–Crippen LogP) is 3.87. The number of fused-ring (bicyclic) bond motifs is 2. The van der Waals surface area contributed by atoms with Crippen molar-refractivity contribution in [3.8, 4) is 0 Å². The highest BCUT2D eigenvalue weighted by Crippen LogP contribution is 2.38. The number of benzene rings is 2. The lowest BCUT2D eigenvalue weighted by Crippen LogP contribution is -2.56. The number of hydrogen-bond donors (Lipinski definition) is 0. The molecule has 2 aromatic carbocycles. The largest absolute Gasteiger partial charge is 0.368 e. The third kappa shape index (κ3) is 5.90. The summed E-state index contributed by atoms with van der Waals surface area (Å²) in [5, 5.41) is 2.45. The SMILES string of the molecule is [C-]#[N+]C[C@H]1CN(c2nc(N(C)CCN(C)C)nc3c2COC(c2cccc4cccc(C)c24)C3)CCN1C(=O)C=C. The molecule has 214 valence electrons. The molecule has 2 aliphatic rings. The van der Waals surface area contributed by atoms with Crippen molar-refractivity contribution >= 4 is 28.4 Å². The van der Waals surface area contributed by atoms with Crippen LogP contribution in [0, 0.1) is 13.5 Å². The monoisotopic (exact) mass is 553 g/mol. The molecule has 9 heteroatoms. The van der Waals surface area contributed by atoms with Gasteiger partial charge >= 0.3 is 0 Å². The Labute approximate surface area is 242 Å². The lowest BCUT2D eigenvalue weighted by molar-refractivity contribution is -0.128. The second-order valence-electron chi connectivity index (χ2n) is 11.2. The van der Waals surface area contributed by atoms with Crippen LogP contribution in [0.2, 0.25) is 0 Å². The van der Waals surface area contributed by atoms with Crippen LogP contribution in [0.3, 0.4) is 0 Å². The van der Waals surface area contributed by atoms with Crippen LogP contribution in [0.4, 0.5) is 11.8 Å². The molecule has 0 saturated carbocycles. The van der Waals surface area contributed by atoms with Gasteiger partial charge in [0.1, 0.15) is 11.9 Å². The smallest absolute Gasteiger partial charge is 0.246 e. The zero-order chi connectivity index (χ0) is 29.1. The summed E-state index contributed by atoms with van der Waals surface area (Å²) < 4.78 is 6.56. The third-order valence-electron chi connectivity index (χ3n) is 8.12. The Morgan fingerprint density at radius 3 is 2.68 bits per heavy atom. The van der Waals surface area contributed by atoms with Gasteiger partial charge in [-0.15, -0.1) is 0 Å². The molecule has 1 aromatic heterocycles. The molecule has 0 radical (unpaired) electrons. The molecule has 1 amide bonds. The van der Waals surface area contributed by atoms with Crippen LogP contribution < -0.4 is 9.80 Å². The average Bonchev–Trinajstić information content (AvgIpc) is 2.98. The summed E-state index contributed by atoms with van der Waals surface area (Å²) in [6, 6.07) is 12.6. The number of rotatable bonds is 8. The summed E-state index contributed by atoms with van der Waals surface area (Å²) in [5.41, 5.74) is 4.41. The first kappa shape index (κ1) is 28.5. The maximum Gasteiger partial charge on any atom is 0.246 e. The van der Waals surface area contributed by atoms with Crippen molar-refractivity contribution in [3.05, 3.63) is 82.9 Å². The van der Waals surface area contributed by atoms with Crippen LogP contribution in [0.25, 0.3) is 15.6 Å². The van der Waals surface area contributed by atoms with Gasteiger partial charge in [0.05, 0.1) is 18.4 Å². The van der Waals surface area contributed by atoms with Crippen molar-refractivity contribution in [2.24, 2.45) is 0 Å². The topological polar surface area (TPSA) is 69.4 Å². The minimum Gasteiger partial charge on any atom is -0.368 e. The van der Waals surface area contributed by atoms with Gasteiger partial charge in [0.25, 0.3) is 0 Å². The molecule has 1 fully saturated rings. The van der Waals surface area contributed by atoms with Gasteiger partial charge < -0.3 is 29.2 Å². The predicted molar refractivity (Wildman–Crippen MR) is 163 cm³/mol. The Kier molecular flexibility index (Phi) is 8.52. The fourth-order valence-corrected chi connectivity index (χ4v) is 5.87. The van der Waals surface area contributed by atoms with E-state index in [0.29, 0.717) is 38.6 Å². The van der Waals surface area contributed by atoms with Crippen molar-refractivity contribution in [1.82, 2.24) is 19.8 Å². The summed E-state index contributed by atoms with van der Waals surface area (Å²) in [6.07, 6.45) is 1.86. The normalized spacial score (nSPS) is 18.7. The highest BCUT2D eigenvalue weighted by atomic mass is 16.5. The average molecular weight is 554 g/mol. The minimum atomic E-state index is -0.233. The first-order valence-corrected chi connectivity index (χ1v) is 14.2. The number of carbonyl (C=O) groups excluding carboxylic acids is 1. The number of nitrogens with zero attached hydrogens (tertiary/aromatic N) is 7. The van der Waals surface area contributed by atoms with Gasteiger partial charge in [0, 0.05) is 51.8 Å². The molecule has 9 nitrogen and oxygen atoms in total. The van der Waals surface area contributed by atoms with E-state index in [-0.39, 0.29) is 24.6 Å². The molecule has 0 aliphatic carbocycles. The van der Waals surface area contributed by atoms with Crippen molar-refractivity contribution in [2.75, 3.05) is 70.2 Å². The van der Waals surface area contributed by atoms with Crippen LogP contribution in [0.5, 0.6) is 0 Å². The zero-order valence-corrected chi connectivity index (χ0v) is 24.5. The van der Waals surface area contributed by atoms with Crippen LogP contribution in [0.1, 0.15) is 28.5 Å². The fourth-order valence-electron chi connectivity index (χ4n) is 5.87. The van der Waals surface area contributed by atoms with Crippen molar-refractivity contribution in [3.63, 3.8) is 0 Å². The van der Waals surface area contributed by atoms with Crippen LogP contribution in [0.15, 0.2) is 49.1 Å². The van der Waals surface area contributed by atoms with E-state index < -0.39 is 0 Å². The van der Waals surface area contributed by atoms with E-state index in [1.807, 2.05) is 7.05 Å². The minimum absolute atomic E-state index is 0.119. The highest BCUT2D eigenvalue weighted by molar-refractivity contribution is 5.89. The van der Waals surface area contributed by atoms with Crippen molar-refractivity contribution < 1.29 is 9.53 Å². The molecule has 2 aliphatic heterocycles. The Bertz CT molecular complexity index is 1480. The van der Waals surface area contributed by atoms with Gasteiger partial charge in [0.15, 0.2) is 0 Å². The van der Waals surface area contributed by atoms with Crippen molar-refractivity contribution in [1.29, 1.82) is 0 Å². The number of anilines is 2. The quantitative estimate of drug-likeness (QED) is 0.310. The van der Waals surface area contributed by atoms with Crippen LogP contribution in [-0.4, -0.2) is 92.1 Å². The maximum atomic E-state index is 12.5. The van der Waals surface area contributed by atoms with Gasteiger partial charge in [-0.25, -0.2) is 11.6 Å². The third-order valence-corrected chi connectivity index (χ3v) is 8.12. The van der Waals surface area contributed by atoms with Gasteiger partial charge in [-0.1, -0.05) is 43.0 Å². The van der Waals surface area contributed by atoms with E-state index in [4.69, 9.17) is 21.3 Å². The molecule has 0 bridgehead atoms. The lowest BCUT2D eigenvalue weighted by Gasteiger charge is -2.41. The number of carbonyl (C=O) groups is 1. The molecule has 3 heterocycles. The number of likely N-dealkylation sites (N-methyl/N-ethyl adjacent to an activating group) is 2. The highest BCUT2D eigenvalue weighted by Gasteiger charge is 2.35. The molecular formula is C32H39N7O2. The summed E-state index contributed by atoms with van der Waals surface area (Å²) in [6.45, 7) is 17.2. The van der Waals surface area contributed by atoms with E-state index in [0.717, 1.165) is 30.2 Å². The molecule has 1 unspecified atom stereocenters. The Morgan fingerprint density at radius 1 is 1.17 bits per heavy atom. The lowest BCUT2D eigenvalue weighted by atomic mass is 9.92. The number of piperazine rings is 1. The fraction of sp³-hybridized carbons (Fsp3) is 0.438. The summed E-state index contributed by atoms with van der Waals surface area (Å²) in [5.74, 6) is 1.39. The molecular weight excluding hydrogens is 514 g/mol. The number of aryl methyl sites for hydroxylation is 1. The van der Waals surface area contributed by atoms with Gasteiger partial charge in [0.2, 0.25) is 18.4 Å². The van der Waals surface area contributed by atoms with Crippen LogP contribution in [-0.2, 0) is 22.6 Å². The molecule has 0 spiro atoms. The van der Waals surface area contributed by atoms with E-state index in [2.05, 4.69) is 83.5 Å². The molecule has 5 rings (SSSR count). The summed E-state index contributed by atoms with van der Waals surface area (Å²) >= 11 is 0. The van der Waals surface area contributed by atoms with Gasteiger partial charge in [-0.3, -0.25) is 4.79 Å². The first-order valence-electron chi connectivity index (χ1n) is 14.2. The number of amides is 1. The van der Waals surface area contributed by atoms with E-state index in [9.17, 15) is 4.79 Å². The Hall–Kier alpha value is -4.00. The van der Waals surface area contributed by atoms with E-state index in [1.54, 1.807) is 4.90 Å². The van der Waals surface area contributed by atoms with Crippen molar-refractivity contribution in [2.45, 2.75) is 32.1 Å². The Morgan fingerprint density at radius 2 is 1.95 bits per heavy atom. The number of hydrogen-bond acceptors (Lipinski definition) is 7. The van der Waals surface area contributed by atoms with E-state index >= 15 is 0 Å². The Balaban J connectivity index is 1.52. The number of ether oxygens (including phenoxy) is 1. The molecule has 2 atom stereocenters. The summed E-state index contributed by atoms with van der Waals surface area (Å²) in [4.78, 5) is 34.5. The first-order chi connectivity index (χ1) is 19.8. The molecule has 3 aromatic rings. The van der Waals surface area contributed by atoms with Crippen LogP contribution >= 0.6 is 0 Å². The molecule has 41 heavy (non-hydrogen) atoms. The summed E-state index contributed by atoms with van der Waals surface area (Å²) in [7, 11) is 6.15. The molecule has 0 N–H and O–H groups in total. The maximum absolute atomic E-state index is 12.5. The second-order valence-corrected chi connectivity index (χ2v) is 11.2. The van der Waals surface area contributed by atoms with E-state index in [1.165, 1.54) is 28.0 Å². The van der Waals surface area contributed by atoms with Gasteiger partial charge in [-0.05, 0) is 49.0 Å². The molecule has 1 saturated heterocycles. The number of aromatic nitrogens is 2. The standard InChI is InChI=1S/C32H39N7O2/c1-7-29(40)39-17-16-38(20-24(39)19-33-3)31-26-21-41-28(25-13-9-12-23-11-8-10-22(2)30(23)25)18-27(26)34-32(35-31)37(6)15-14-36(4)5/h7-13,24,28H,1,14-21H2,2,4-6H3/t24-,28?/m0/s1.